The third kappa shape index (κ3) is 4.94. The van der Waals surface area contributed by atoms with Crippen molar-refractivity contribution in [3.63, 3.8) is 0 Å². The first-order valence-corrected chi connectivity index (χ1v) is 8.03. The lowest BCUT2D eigenvalue weighted by Crippen LogP contribution is -2.39. The third-order valence-electron chi connectivity index (χ3n) is 3.51. The van der Waals surface area contributed by atoms with Gasteiger partial charge in [-0.05, 0) is 31.1 Å². The van der Waals surface area contributed by atoms with E-state index in [0.29, 0.717) is 25.9 Å². The molecule has 0 aromatic rings. The van der Waals surface area contributed by atoms with Crippen LogP contribution in [0, 0.1) is 5.41 Å². The highest BCUT2D eigenvalue weighted by Gasteiger charge is 2.28. The number of aliphatic carboxylic acids is 1. The van der Waals surface area contributed by atoms with E-state index in [9.17, 15) is 13.2 Å². The Labute approximate surface area is 109 Å². The molecule has 0 aromatic heterocycles. The van der Waals surface area contributed by atoms with Crippen LogP contribution in [0.3, 0.4) is 0 Å². The molecule has 1 N–H and O–H groups in total. The predicted molar refractivity (Wildman–Crippen MR) is 69.9 cm³/mol. The maximum absolute atomic E-state index is 11.8. The summed E-state index contributed by atoms with van der Waals surface area (Å²) in [4.78, 5) is 10.5. The Kier molecular flexibility index (Phi) is 5.16. The van der Waals surface area contributed by atoms with Crippen LogP contribution in [0.15, 0.2) is 0 Å². The highest BCUT2D eigenvalue weighted by Crippen LogP contribution is 2.28. The SMILES string of the molecule is CC(C)(CCC(=O)O)CCN1CCCCS1(=O)=O. The molecule has 0 atom stereocenters. The number of carbonyl (C=O) groups is 1. The molecule has 0 radical (unpaired) electrons. The lowest BCUT2D eigenvalue weighted by atomic mass is 9.84. The topological polar surface area (TPSA) is 74.7 Å². The monoisotopic (exact) mass is 277 g/mol. The van der Waals surface area contributed by atoms with Crippen molar-refractivity contribution in [3.05, 3.63) is 0 Å². The Morgan fingerprint density at radius 3 is 2.50 bits per heavy atom. The molecule has 1 aliphatic rings. The average molecular weight is 277 g/mol. The zero-order valence-electron chi connectivity index (χ0n) is 11.2. The average Bonchev–Trinajstić information content (AvgIpc) is 2.25. The fourth-order valence-electron chi connectivity index (χ4n) is 2.09. The van der Waals surface area contributed by atoms with Crippen LogP contribution in [-0.4, -0.2) is 42.6 Å². The van der Waals surface area contributed by atoms with Crippen LogP contribution in [0.4, 0.5) is 0 Å². The van der Waals surface area contributed by atoms with Gasteiger partial charge in [0.25, 0.3) is 0 Å². The highest BCUT2D eigenvalue weighted by molar-refractivity contribution is 7.89. The molecule has 1 heterocycles. The van der Waals surface area contributed by atoms with Crippen molar-refractivity contribution >= 4 is 16.0 Å². The maximum atomic E-state index is 11.8. The number of carboxylic acid groups (broad SMARTS) is 1. The van der Waals surface area contributed by atoms with Crippen molar-refractivity contribution in [3.8, 4) is 0 Å². The van der Waals surface area contributed by atoms with Gasteiger partial charge in [-0.25, -0.2) is 12.7 Å². The summed E-state index contributed by atoms with van der Waals surface area (Å²) < 4.78 is 25.1. The summed E-state index contributed by atoms with van der Waals surface area (Å²) in [6.45, 7) is 5.10. The standard InChI is InChI=1S/C12H23NO4S/c1-12(2,6-5-11(14)15)7-9-13-8-3-4-10-18(13,16)17/h3-10H2,1-2H3,(H,14,15). The van der Waals surface area contributed by atoms with E-state index in [0.717, 1.165) is 12.8 Å². The van der Waals surface area contributed by atoms with Crippen molar-refractivity contribution in [1.29, 1.82) is 0 Å². The maximum Gasteiger partial charge on any atom is 0.303 e. The molecule has 0 amide bonds. The number of carboxylic acids is 1. The minimum Gasteiger partial charge on any atom is -0.481 e. The summed E-state index contributed by atoms with van der Waals surface area (Å²) >= 11 is 0. The molecule has 1 saturated heterocycles. The molecular weight excluding hydrogens is 254 g/mol. The van der Waals surface area contributed by atoms with Gasteiger partial charge < -0.3 is 5.11 Å². The Hall–Kier alpha value is -0.620. The van der Waals surface area contributed by atoms with Gasteiger partial charge in [-0.1, -0.05) is 13.8 Å². The van der Waals surface area contributed by atoms with Gasteiger partial charge in [0.2, 0.25) is 10.0 Å². The van der Waals surface area contributed by atoms with Crippen LogP contribution in [0.2, 0.25) is 0 Å². The zero-order valence-corrected chi connectivity index (χ0v) is 12.0. The molecule has 0 unspecified atom stereocenters. The normalized spacial score (nSPS) is 20.8. The Morgan fingerprint density at radius 1 is 1.28 bits per heavy atom. The molecule has 0 bridgehead atoms. The molecule has 0 spiro atoms. The summed E-state index contributed by atoms with van der Waals surface area (Å²) in [5, 5.41) is 8.67. The first kappa shape index (κ1) is 15.4. The number of sulfonamides is 1. The van der Waals surface area contributed by atoms with E-state index in [4.69, 9.17) is 5.11 Å². The van der Waals surface area contributed by atoms with Crippen molar-refractivity contribution < 1.29 is 18.3 Å². The number of hydrogen-bond acceptors (Lipinski definition) is 3. The van der Waals surface area contributed by atoms with E-state index in [2.05, 4.69) is 0 Å². The van der Waals surface area contributed by atoms with Gasteiger partial charge in [-0.2, -0.15) is 0 Å². The van der Waals surface area contributed by atoms with Crippen molar-refractivity contribution in [2.75, 3.05) is 18.8 Å². The minimum atomic E-state index is -3.06. The smallest absolute Gasteiger partial charge is 0.303 e. The van der Waals surface area contributed by atoms with Gasteiger partial charge in [0.1, 0.15) is 0 Å². The Morgan fingerprint density at radius 2 is 1.94 bits per heavy atom. The van der Waals surface area contributed by atoms with Gasteiger partial charge in [0.15, 0.2) is 0 Å². The van der Waals surface area contributed by atoms with E-state index in [-0.39, 0.29) is 17.6 Å². The zero-order chi connectivity index (χ0) is 13.8. The van der Waals surface area contributed by atoms with E-state index < -0.39 is 16.0 Å². The second-order valence-electron chi connectivity index (χ2n) is 5.73. The van der Waals surface area contributed by atoms with E-state index in [1.54, 1.807) is 4.31 Å². The summed E-state index contributed by atoms with van der Waals surface area (Å²) in [5.74, 6) is -0.545. The second-order valence-corrected chi connectivity index (χ2v) is 7.82. The summed E-state index contributed by atoms with van der Waals surface area (Å²) in [6, 6.07) is 0. The van der Waals surface area contributed by atoms with E-state index in [1.165, 1.54) is 0 Å². The molecule has 0 saturated carbocycles. The van der Waals surface area contributed by atoms with Crippen LogP contribution >= 0.6 is 0 Å². The first-order chi connectivity index (χ1) is 8.23. The van der Waals surface area contributed by atoms with Gasteiger partial charge in [-0.15, -0.1) is 0 Å². The predicted octanol–water partition coefficient (Wildman–Crippen LogP) is 1.69. The van der Waals surface area contributed by atoms with Crippen LogP contribution in [-0.2, 0) is 14.8 Å². The van der Waals surface area contributed by atoms with E-state index in [1.807, 2.05) is 13.8 Å². The molecular formula is C12H23NO4S. The molecule has 5 nitrogen and oxygen atoms in total. The Balaban J connectivity index is 2.45. The van der Waals surface area contributed by atoms with E-state index >= 15 is 0 Å². The third-order valence-corrected chi connectivity index (χ3v) is 5.46. The summed E-state index contributed by atoms with van der Waals surface area (Å²) in [7, 11) is -3.06. The molecule has 1 aliphatic heterocycles. The molecule has 0 aromatic carbocycles. The molecule has 0 aliphatic carbocycles. The van der Waals surface area contributed by atoms with Gasteiger partial charge in [-0.3, -0.25) is 4.79 Å². The van der Waals surface area contributed by atoms with Crippen LogP contribution < -0.4 is 0 Å². The van der Waals surface area contributed by atoms with Crippen molar-refractivity contribution in [2.24, 2.45) is 5.41 Å². The number of nitrogens with zero attached hydrogens (tertiary/aromatic N) is 1. The van der Waals surface area contributed by atoms with Crippen molar-refractivity contribution in [1.82, 2.24) is 4.31 Å². The largest absolute Gasteiger partial charge is 0.481 e. The molecule has 106 valence electrons. The molecule has 6 heteroatoms. The van der Waals surface area contributed by atoms with Gasteiger partial charge >= 0.3 is 5.97 Å². The fourth-order valence-corrected chi connectivity index (χ4v) is 3.69. The summed E-state index contributed by atoms with van der Waals surface area (Å²) in [6.07, 6.45) is 3.10. The molecule has 18 heavy (non-hydrogen) atoms. The van der Waals surface area contributed by atoms with Crippen LogP contribution in [0.1, 0.15) is 46.0 Å². The fraction of sp³-hybridized carbons (Fsp3) is 0.917. The molecule has 1 rings (SSSR count). The number of rotatable bonds is 6. The second kappa shape index (κ2) is 6.02. The Bertz CT molecular complexity index is 389. The lowest BCUT2D eigenvalue weighted by Gasteiger charge is -2.30. The lowest BCUT2D eigenvalue weighted by molar-refractivity contribution is -0.137. The first-order valence-electron chi connectivity index (χ1n) is 6.43. The van der Waals surface area contributed by atoms with Crippen LogP contribution in [0.25, 0.3) is 0 Å². The number of hydrogen-bond donors (Lipinski definition) is 1. The van der Waals surface area contributed by atoms with Gasteiger partial charge in [0.05, 0.1) is 5.75 Å². The summed E-state index contributed by atoms with van der Waals surface area (Å²) in [5.41, 5.74) is -0.134. The van der Waals surface area contributed by atoms with Gasteiger partial charge in [0, 0.05) is 19.5 Å². The van der Waals surface area contributed by atoms with Crippen molar-refractivity contribution in [2.45, 2.75) is 46.0 Å². The minimum absolute atomic E-state index is 0.134. The van der Waals surface area contributed by atoms with Crippen LogP contribution in [0.5, 0.6) is 0 Å². The molecule has 1 fully saturated rings. The quantitative estimate of drug-likeness (QED) is 0.801. The highest BCUT2D eigenvalue weighted by atomic mass is 32.2.